The third-order valence-corrected chi connectivity index (χ3v) is 5.74. The van der Waals surface area contributed by atoms with Crippen LogP contribution in [-0.4, -0.2) is 29.0 Å². The van der Waals surface area contributed by atoms with Gasteiger partial charge >= 0.3 is 0 Å². The maximum atomic E-state index is 12.0. The van der Waals surface area contributed by atoms with Crippen molar-refractivity contribution in [1.29, 1.82) is 0 Å². The van der Waals surface area contributed by atoms with Crippen molar-refractivity contribution in [3.05, 3.63) is 0 Å². The van der Waals surface area contributed by atoms with Gasteiger partial charge in [0, 0.05) is 6.04 Å². The molecule has 0 saturated heterocycles. The van der Waals surface area contributed by atoms with Crippen LogP contribution in [0.1, 0.15) is 77.6 Å². The van der Waals surface area contributed by atoms with Crippen LogP contribution in [-0.2, 0) is 4.79 Å². The SMILES string of the molecule is CSC1(NC2CCCCCCCCCCC2)NN=C(C)C(=O)N1. The summed E-state index contributed by atoms with van der Waals surface area (Å²) in [6.07, 6.45) is 16.4. The minimum Gasteiger partial charge on any atom is -0.306 e. The number of hydrazone groups is 1. The molecule has 0 aromatic rings. The summed E-state index contributed by atoms with van der Waals surface area (Å²) in [4.78, 5) is 12.0. The molecule has 23 heavy (non-hydrogen) atoms. The molecule has 1 aliphatic carbocycles. The van der Waals surface area contributed by atoms with Crippen LogP contribution < -0.4 is 16.1 Å². The van der Waals surface area contributed by atoms with Crippen LogP contribution in [0.4, 0.5) is 0 Å². The molecule has 1 atom stereocenters. The first-order chi connectivity index (χ1) is 11.2. The topological polar surface area (TPSA) is 65.5 Å². The van der Waals surface area contributed by atoms with Gasteiger partial charge in [-0.15, -0.1) is 0 Å². The number of carbonyl (C=O) groups is 1. The number of rotatable bonds is 3. The second-order valence-corrected chi connectivity index (χ2v) is 7.77. The van der Waals surface area contributed by atoms with E-state index in [0.29, 0.717) is 11.8 Å². The molecule has 132 valence electrons. The highest BCUT2D eigenvalue weighted by Gasteiger charge is 2.36. The maximum absolute atomic E-state index is 12.0. The van der Waals surface area contributed by atoms with Crippen LogP contribution in [0, 0.1) is 0 Å². The van der Waals surface area contributed by atoms with E-state index < -0.39 is 5.12 Å². The molecule has 2 aliphatic rings. The second-order valence-electron chi connectivity index (χ2n) is 6.75. The Morgan fingerprint density at radius 2 is 1.57 bits per heavy atom. The average molecular weight is 341 g/mol. The van der Waals surface area contributed by atoms with E-state index in [0.717, 1.165) is 0 Å². The third-order valence-electron chi connectivity index (χ3n) is 4.82. The summed E-state index contributed by atoms with van der Waals surface area (Å²) in [5.74, 6) is -0.0984. The molecule has 2 rings (SSSR count). The molecule has 1 aliphatic heterocycles. The van der Waals surface area contributed by atoms with Gasteiger partial charge in [-0.1, -0.05) is 69.5 Å². The summed E-state index contributed by atoms with van der Waals surface area (Å²) in [5.41, 5.74) is 3.59. The van der Waals surface area contributed by atoms with Crippen molar-refractivity contribution in [3.8, 4) is 0 Å². The number of nitrogens with zero attached hydrogens (tertiary/aromatic N) is 1. The molecule has 1 fully saturated rings. The normalized spacial score (nSPS) is 28.8. The molecule has 5 nitrogen and oxygen atoms in total. The van der Waals surface area contributed by atoms with Gasteiger partial charge in [0.15, 0.2) is 0 Å². The highest BCUT2D eigenvalue weighted by molar-refractivity contribution is 7.99. The molecule has 0 aromatic heterocycles. The van der Waals surface area contributed by atoms with Crippen molar-refractivity contribution in [2.24, 2.45) is 5.10 Å². The van der Waals surface area contributed by atoms with E-state index in [2.05, 4.69) is 21.2 Å². The molecule has 1 amide bonds. The summed E-state index contributed by atoms with van der Waals surface area (Å²) in [5, 5.41) is 10.2. The number of carbonyl (C=O) groups excluding carboxylic acids is 1. The van der Waals surface area contributed by atoms with Crippen molar-refractivity contribution in [3.63, 3.8) is 0 Å². The smallest absolute Gasteiger partial charge is 0.270 e. The Kier molecular flexibility index (Phi) is 7.70. The number of amides is 1. The summed E-state index contributed by atoms with van der Waals surface area (Å²) in [6.45, 7) is 1.72. The van der Waals surface area contributed by atoms with Crippen LogP contribution in [0.2, 0.25) is 0 Å². The van der Waals surface area contributed by atoms with E-state index in [4.69, 9.17) is 0 Å². The van der Waals surface area contributed by atoms with E-state index >= 15 is 0 Å². The van der Waals surface area contributed by atoms with Crippen LogP contribution >= 0.6 is 11.8 Å². The Bertz CT molecular complexity index is 403. The lowest BCUT2D eigenvalue weighted by Gasteiger charge is -2.39. The number of nitrogens with one attached hydrogen (secondary N) is 3. The Morgan fingerprint density at radius 1 is 1.04 bits per heavy atom. The second kappa shape index (κ2) is 9.52. The van der Waals surface area contributed by atoms with Crippen LogP contribution in [0.15, 0.2) is 5.10 Å². The lowest BCUT2D eigenvalue weighted by atomic mass is 9.98. The molecule has 1 unspecified atom stereocenters. The van der Waals surface area contributed by atoms with Gasteiger partial charge in [0.1, 0.15) is 5.71 Å². The minimum absolute atomic E-state index is 0.0984. The maximum Gasteiger partial charge on any atom is 0.270 e. The van der Waals surface area contributed by atoms with Gasteiger partial charge in [0.25, 0.3) is 5.91 Å². The molecular weight excluding hydrogens is 308 g/mol. The van der Waals surface area contributed by atoms with Crippen molar-refractivity contribution in [1.82, 2.24) is 16.1 Å². The number of thioether (sulfide) groups is 1. The van der Waals surface area contributed by atoms with Crippen LogP contribution in [0.3, 0.4) is 0 Å². The van der Waals surface area contributed by atoms with Gasteiger partial charge in [-0.05, 0) is 26.0 Å². The van der Waals surface area contributed by atoms with E-state index in [1.54, 1.807) is 18.7 Å². The Labute approximate surface area is 144 Å². The molecule has 0 aromatic carbocycles. The highest BCUT2D eigenvalue weighted by Crippen LogP contribution is 2.22. The van der Waals surface area contributed by atoms with Gasteiger partial charge in [-0.25, -0.2) is 0 Å². The lowest BCUT2D eigenvalue weighted by Crippen LogP contribution is -2.69. The fourth-order valence-electron chi connectivity index (χ4n) is 3.31. The molecule has 0 radical (unpaired) electrons. The van der Waals surface area contributed by atoms with Crippen molar-refractivity contribution in [2.45, 2.75) is 88.7 Å². The molecule has 6 heteroatoms. The van der Waals surface area contributed by atoms with Gasteiger partial charge in [-0.3, -0.25) is 15.5 Å². The van der Waals surface area contributed by atoms with Crippen LogP contribution in [0.25, 0.3) is 0 Å². The van der Waals surface area contributed by atoms with Gasteiger partial charge in [-0.2, -0.15) is 5.10 Å². The Hall–Kier alpha value is -0.750. The first-order valence-corrected chi connectivity index (χ1v) is 10.3. The fourth-order valence-corrected chi connectivity index (χ4v) is 3.93. The minimum atomic E-state index is -0.668. The summed E-state index contributed by atoms with van der Waals surface area (Å²) in [6, 6.07) is 0.420. The number of hydrogen-bond acceptors (Lipinski definition) is 5. The summed E-state index contributed by atoms with van der Waals surface area (Å²) >= 11 is 1.56. The van der Waals surface area contributed by atoms with Crippen molar-refractivity contribution in [2.75, 3.05) is 6.26 Å². The number of hydrogen-bond donors (Lipinski definition) is 3. The van der Waals surface area contributed by atoms with Gasteiger partial charge < -0.3 is 5.32 Å². The summed E-state index contributed by atoms with van der Waals surface area (Å²) in [7, 11) is 0. The summed E-state index contributed by atoms with van der Waals surface area (Å²) < 4.78 is 0. The standard InChI is InChI=1S/C17H32N4OS/c1-14-16(22)19-17(23-2,21-20-14)18-15-12-10-8-6-4-3-5-7-9-11-13-15/h15,18,21H,3-13H2,1-2H3,(H,19,22). The molecule has 0 bridgehead atoms. The van der Waals surface area contributed by atoms with E-state index in [1.807, 2.05) is 6.26 Å². The molecule has 1 heterocycles. The van der Waals surface area contributed by atoms with Crippen molar-refractivity contribution >= 4 is 23.4 Å². The Morgan fingerprint density at radius 3 is 2.04 bits per heavy atom. The van der Waals surface area contributed by atoms with Gasteiger partial charge in [0.2, 0.25) is 5.12 Å². The predicted octanol–water partition coefficient (Wildman–Crippen LogP) is 3.32. The average Bonchev–Trinajstić information content (AvgIpc) is 2.54. The fraction of sp³-hybridized carbons (Fsp3) is 0.882. The zero-order chi connectivity index (χ0) is 16.5. The Balaban J connectivity index is 1.94. The third kappa shape index (κ3) is 5.99. The van der Waals surface area contributed by atoms with Crippen molar-refractivity contribution < 1.29 is 4.79 Å². The predicted molar refractivity (Wildman–Crippen MR) is 98.3 cm³/mol. The van der Waals surface area contributed by atoms with Crippen LogP contribution in [0.5, 0.6) is 0 Å². The lowest BCUT2D eigenvalue weighted by molar-refractivity contribution is -0.117. The van der Waals surface area contributed by atoms with E-state index in [-0.39, 0.29) is 5.91 Å². The van der Waals surface area contributed by atoms with Gasteiger partial charge in [0.05, 0.1) is 0 Å². The molecule has 3 N–H and O–H groups in total. The highest BCUT2D eigenvalue weighted by atomic mass is 32.2. The molecule has 0 spiro atoms. The molecular formula is C17H32N4OS. The van der Waals surface area contributed by atoms with E-state index in [9.17, 15) is 4.79 Å². The zero-order valence-electron chi connectivity index (χ0n) is 14.6. The molecule has 1 saturated carbocycles. The quantitative estimate of drug-likeness (QED) is 0.690. The van der Waals surface area contributed by atoms with E-state index in [1.165, 1.54) is 70.6 Å². The zero-order valence-corrected chi connectivity index (χ0v) is 15.4. The first kappa shape index (κ1) is 18.6. The monoisotopic (exact) mass is 340 g/mol. The first-order valence-electron chi connectivity index (χ1n) is 9.12. The largest absolute Gasteiger partial charge is 0.306 e.